The van der Waals surface area contributed by atoms with E-state index in [0.717, 1.165) is 51.9 Å². The summed E-state index contributed by atoms with van der Waals surface area (Å²) in [6, 6.07) is 0. The molecule has 2 fully saturated rings. The Bertz CT molecular complexity index is 411. The van der Waals surface area contributed by atoms with Gasteiger partial charge in [0.1, 0.15) is 5.78 Å². The largest absolute Gasteiger partial charge is 0.343 e. The predicted octanol–water partition coefficient (Wildman–Crippen LogP) is 5.59. The Morgan fingerprint density at radius 1 is 0.679 bits per heavy atom. The fourth-order valence-electron chi connectivity index (χ4n) is 4.04. The molecule has 0 aromatic carbocycles. The number of nitrogens with zero attached hydrogens (tertiary/aromatic N) is 2. The summed E-state index contributed by atoms with van der Waals surface area (Å²) >= 11 is 0. The van der Waals surface area contributed by atoms with Crippen LogP contribution in [0.2, 0.25) is 0 Å². The number of ketones is 1. The monoisotopic (exact) mass is 394 g/mol. The van der Waals surface area contributed by atoms with Crippen molar-refractivity contribution in [2.24, 2.45) is 0 Å². The molecule has 0 saturated carbocycles. The summed E-state index contributed by atoms with van der Waals surface area (Å²) in [6.07, 6.45) is 18.1. The lowest BCUT2D eigenvalue weighted by molar-refractivity contribution is -0.133. The third-order valence-electron chi connectivity index (χ3n) is 5.86. The number of piperidine rings is 2. The number of likely N-dealkylation sites (tertiary alicyclic amines) is 2. The Morgan fingerprint density at radius 2 is 1.32 bits per heavy atom. The molecule has 0 spiro atoms. The van der Waals surface area contributed by atoms with E-state index in [1.165, 1.54) is 70.6 Å². The van der Waals surface area contributed by atoms with E-state index >= 15 is 0 Å². The quantitative estimate of drug-likeness (QED) is 0.405. The summed E-state index contributed by atoms with van der Waals surface area (Å²) in [4.78, 5) is 27.0. The fourth-order valence-corrected chi connectivity index (χ4v) is 4.04. The minimum Gasteiger partial charge on any atom is -0.343 e. The zero-order valence-electron chi connectivity index (χ0n) is 18.9. The number of unbranched alkanes of at least 4 members (excludes halogenated alkanes) is 8. The minimum atomic E-state index is 0.381. The van der Waals surface area contributed by atoms with Crippen molar-refractivity contribution in [1.29, 1.82) is 0 Å². The molecule has 0 atom stereocenters. The molecule has 28 heavy (non-hydrogen) atoms. The summed E-state index contributed by atoms with van der Waals surface area (Å²) < 4.78 is 0. The highest BCUT2D eigenvalue weighted by Gasteiger charge is 2.17. The Balaban J connectivity index is 0.000000280. The summed E-state index contributed by atoms with van der Waals surface area (Å²) in [5.41, 5.74) is 0. The Labute approximate surface area is 174 Å². The smallest absolute Gasteiger partial charge is 0.222 e. The number of hydrogen-bond acceptors (Lipinski definition) is 3. The Hall–Kier alpha value is -0.900. The predicted molar refractivity (Wildman–Crippen MR) is 119 cm³/mol. The van der Waals surface area contributed by atoms with E-state index in [2.05, 4.69) is 23.6 Å². The molecule has 2 rings (SSSR count). The van der Waals surface area contributed by atoms with E-state index in [4.69, 9.17) is 0 Å². The van der Waals surface area contributed by atoms with Crippen LogP contribution in [0.1, 0.15) is 110 Å². The molecule has 0 aromatic heterocycles. The van der Waals surface area contributed by atoms with Gasteiger partial charge in [0, 0.05) is 25.9 Å². The average molecular weight is 395 g/mol. The maximum Gasteiger partial charge on any atom is 0.222 e. The lowest BCUT2D eigenvalue weighted by Gasteiger charge is -2.26. The highest BCUT2D eigenvalue weighted by molar-refractivity contribution is 5.81. The van der Waals surface area contributed by atoms with Crippen LogP contribution in [0.5, 0.6) is 0 Å². The summed E-state index contributed by atoms with van der Waals surface area (Å²) in [7, 11) is 0. The van der Waals surface area contributed by atoms with Gasteiger partial charge in [-0.3, -0.25) is 14.5 Å². The maximum atomic E-state index is 11.4. The lowest BCUT2D eigenvalue weighted by Crippen LogP contribution is -2.36. The Morgan fingerprint density at radius 3 is 1.93 bits per heavy atom. The van der Waals surface area contributed by atoms with Crippen molar-refractivity contribution in [2.45, 2.75) is 110 Å². The van der Waals surface area contributed by atoms with Crippen LogP contribution in [0.4, 0.5) is 0 Å². The topological polar surface area (TPSA) is 40.6 Å². The molecule has 2 aliphatic heterocycles. The van der Waals surface area contributed by atoms with Crippen LogP contribution in [0.25, 0.3) is 0 Å². The van der Waals surface area contributed by atoms with Crippen LogP contribution in [-0.4, -0.2) is 54.2 Å². The first kappa shape index (κ1) is 25.1. The van der Waals surface area contributed by atoms with Crippen LogP contribution in [-0.2, 0) is 9.59 Å². The molecule has 2 heterocycles. The molecular weight excluding hydrogens is 348 g/mol. The van der Waals surface area contributed by atoms with Gasteiger partial charge >= 0.3 is 0 Å². The number of amides is 1. The van der Waals surface area contributed by atoms with E-state index in [-0.39, 0.29) is 0 Å². The third kappa shape index (κ3) is 12.5. The van der Waals surface area contributed by atoms with Crippen molar-refractivity contribution in [3.8, 4) is 0 Å². The SMILES string of the molecule is CCCCCCCN1CCCC(=O)C1.CCCCCCCN1CCCCC1=O. The van der Waals surface area contributed by atoms with Crippen molar-refractivity contribution in [2.75, 3.05) is 32.7 Å². The van der Waals surface area contributed by atoms with Gasteiger partial charge in [-0.05, 0) is 45.2 Å². The Kier molecular flexibility index (Phi) is 15.3. The first-order valence-corrected chi connectivity index (χ1v) is 12.2. The molecule has 0 aromatic rings. The number of rotatable bonds is 12. The molecule has 4 nitrogen and oxygen atoms in total. The van der Waals surface area contributed by atoms with Crippen LogP contribution in [0.3, 0.4) is 0 Å². The molecule has 0 aliphatic carbocycles. The van der Waals surface area contributed by atoms with Crippen molar-refractivity contribution < 1.29 is 9.59 Å². The first-order valence-electron chi connectivity index (χ1n) is 12.2. The van der Waals surface area contributed by atoms with Crippen molar-refractivity contribution in [1.82, 2.24) is 9.80 Å². The molecule has 0 bridgehead atoms. The third-order valence-corrected chi connectivity index (χ3v) is 5.86. The number of carbonyl (C=O) groups is 2. The lowest BCUT2D eigenvalue weighted by atomic mass is 10.1. The van der Waals surface area contributed by atoms with Gasteiger partial charge in [0.2, 0.25) is 5.91 Å². The molecule has 0 unspecified atom stereocenters. The minimum absolute atomic E-state index is 0.381. The van der Waals surface area contributed by atoms with Crippen molar-refractivity contribution in [3.63, 3.8) is 0 Å². The second-order valence-corrected chi connectivity index (χ2v) is 8.58. The van der Waals surface area contributed by atoms with Crippen LogP contribution in [0, 0.1) is 0 Å². The van der Waals surface area contributed by atoms with Gasteiger partial charge in [-0.15, -0.1) is 0 Å². The molecule has 0 radical (unpaired) electrons. The standard InChI is InChI=1S/2C12H23NO/c1-2-3-4-5-7-10-13-11-8-6-9-12(13)14;1-2-3-4-5-6-9-13-10-7-8-12(14)11-13/h2*2-11H2,1H3. The fraction of sp³-hybridized carbons (Fsp3) is 0.917. The van der Waals surface area contributed by atoms with Crippen LogP contribution in [0.15, 0.2) is 0 Å². The molecule has 1 amide bonds. The summed E-state index contributed by atoms with van der Waals surface area (Å²) in [5.74, 6) is 0.816. The van der Waals surface area contributed by atoms with Gasteiger partial charge in [-0.25, -0.2) is 0 Å². The molecule has 4 heteroatoms. The van der Waals surface area contributed by atoms with Gasteiger partial charge in [0.15, 0.2) is 0 Å². The molecule has 2 aliphatic rings. The van der Waals surface area contributed by atoms with Crippen molar-refractivity contribution in [3.05, 3.63) is 0 Å². The van der Waals surface area contributed by atoms with Crippen molar-refractivity contribution >= 4 is 11.7 Å². The zero-order valence-corrected chi connectivity index (χ0v) is 18.9. The van der Waals surface area contributed by atoms with E-state index in [0.29, 0.717) is 18.2 Å². The average Bonchev–Trinajstić information content (AvgIpc) is 2.70. The van der Waals surface area contributed by atoms with E-state index in [9.17, 15) is 9.59 Å². The number of carbonyl (C=O) groups excluding carboxylic acids is 2. The van der Waals surface area contributed by atoms with Gasteiger partial charge < -0.3 is 4.90 Å². The highest BCUT2D eigenvalue weighted by Crippen LogP contribution is 2.12. The molecule has 164 valence electrons. The van der Waals surface area contributed by atoms with E-state index < -0.39 is 0 Å². The highest BCUT2D eigenvalue weighted by atomic mass is 16.2. The molecular formula is C24H46N2O2. The maximum absolute atomic E-state index is 11.4. The van der Waals surface area contributed by atoms with Crippen LogP contribution >= 0.6 is 0 Å². The van der Waals surface area contributed by atoms with Gasteiger partial charge in [0.05, 0.1) is 6.54 Å². The summed E-state index contributed by atoms with van der Waals surface area (Å²) in [5, 5.41) is 0. The van der Waals surface area contributed by atoms with Gasteiger partial charge in [0.25, 0.3) is 0 Å². The summed E-state index contributed by atoms with van der Waals surface area (Å²) in [6.45, 7) is 9.47. The number of hydrogen-bond donors (Lipinski definition) is 0. The van der Waals surface area contributed by atoms with Gasteiger partial charge in [-0.1, -0.05) is 65.2 Å². The van der Waals surface area contributed by atoms with E-state index in [1.807, 2.05) is 0 Å². The zero-order chi connectivity index (χ0) is 20.5. The second kappa shape index (κ2) is 17.0. The molecule has 2 saturated heterocycles. The second-order valence-electron chi connectivity index (χ2n) is 8.58. The van der Waals surface area contributed by atoms with E-state index in [1.54, 1.807) is 0 Å². The first-order chi connectivity index (χ1) is 13.7. The van der Waals surface area contributed by atoms with Crippen LogP contribution < -0.4 is 0 Å². The normalized spacial score (nSPS) is 18.1. The molecule has 0 N–H and O–H groups in total. The van der Waals surface area contributed by atoms with Gasteiger partial charge in [-0.2, -0.15) is 0 Å². The number of Topliss-reactive ketones (excluding diaryl/α,β-unsaturated/α-hetero) is 1.